The molecule has 0 atom stereocenters. The molecular formula is C15H14Cl3N3O4. The van der Waals surface area contributed by atoms with Crippen LogP contribution in [-0.4, -0.2) is 48.0 Å². The molecule has 1 aromatic carbocycles. The van der Waals surface area contributed by atoms with Crippen molar-refractivity contribution < 1.29 is 19.1 Å². The normalized spacial score (nSPS) is 18.9. The van der Waals surface area contributed by atoms with Gasteiger partial charge in [-0.1, -0.05) is 34.8 Å². The van der Waals surface area contributed by atoms with Gasteiger partial charge in [0.05, 0.1) is 15.1 Å². The number of urea groups is 1. The van der Waals surface area contributed by atoms with Crippen molar-refractivity contribution in [2.45, 2.75) is 18.4 Å². The Morgan fingerprint density at radius 1 is 1.12 bits per heavy atom. The van der Waals surface area contributed by atoms with Gasteiger partial charge in [-0.2, -0.15) is 0 Å². The fourth-order valence-electron chi connectivity index (χ4n) is 2.86. The number of halogens is 3. The van der Waals surface area contributed by atoms with Crippen LogP contribution in [0, 0.1) is 0 Å². The van der Waals surface area contributed by atoms with Gasteiger partial charge in [-0.25, -0.2) is 4.79 Å². The number of hydrogen-bond acceptors (Lipinski definition) is 4. The van der Waals surface area contributed by atoms with Crippen molar-refractivity contribution in [3.8, 4) is 5.75 Å². The van der Waals surface area contributed by atoms with E-state index in [1.165, 1.54) is 12.1 Å². The summed E-state index contributed by atoms with van der Waals surface area (Å²) in [6.07, 6.45) is 0.702. The highest BCUT2D eigenvalue weighted by Gasteiger charge is 2.48. The summed E-state index contributed by atoms with van der Waals surface area (Å²) in [5, 5.41) is 5.70. The van der Waals surface area contributed by atoms with Gasteiger partial charge in [-0.3, -0.25) is 14.9 Å². The summed E-state index contributed by atoms with van der Waals surface area (Å²) in [7, 11) is 0. The molecule has 0 radical (unpaired) electrons. The first-order valence-electron chi connectivity index (χ1n) is 7.49. The second kappa shape index (κ2) is 6.90. The van der Waals surface area contributed by atoms with Gasteiger partial charge < -0.3 is 15.0 Å². The molecule has 7 nitrogen and oxygen atoms in total. The summed E-state index contributed by atoms with van der Waals surface area (Å²) in [6.45, 7) is 0.458. The van der Waals surface area contributed by atoms with Gasteiger partial charge in [0.15, 0.2) is 6.61 Å². The highest BCUT2D eigenvalue weighted by atomic mass is 35.5. The lowest BCUT2D eigenvalue weighted by Gasteiger charge is -2.36. The number of carbonyl (C=O) groups is 3. The van der Waals surface area contributed by atoms with E-state index in [1.54, 1.807) is 4.90 Å². The molecule has 1 spiro atoms. The van der Waals surface area contributed by atoms with Crippen molar-refractivity contribution in [2.75, 3.05) is 19.7 Å². The number of rotatable bonds is 3. The Labute approximate surface area is 158 Å². The molecule has 0 aromatic heterocycles. The van der Waals surface area contributed by atoms with Crippen molar-refractivity contribution in [3.63, 3.8) is 0 Å². The summed E-state index contributed by atoms with van der Waals surface area (Å²) in [5.74, 6) is -0.328. The zero-order valence-corrected chi connectivity index (χ0v) is 15.2. The van der Waals surface area contributed by atoms with Crippen LogP contribution in [0.15, 0.2) is 12.1 Å². The van der Waals surface area contributed by atoms with Crippen LogP contribution < -0.4 is 15.4 Å². The van der Waals surface area contributed by atoms with Crippen LogP contribution in [-0.2, 0) is 9.59 Å². The quantitative estimate of drug-likeness (QED) is 0.595. The number of piperidine rings is 1. The molecule has 0 bridgehead atoms. The van der Waals surface area contributed by atoms with Gasteiger partial charge in [0.25, 0.3) is 11.8 Å². The molecule has 0 unspecified atom stereocenters. The maximum absolute atomic E-state index is 12.3. The lowest BCUT2D eigenvalue weighted by molar-refractivity contribution is -0.137. The molecule has 0 saturated carbocycles. The fourth-order valence-corrected chi connectivity index (χ4v) is 3.46. The molecular weight excluding hydrogens is 393 g/mol. The first-order chi connectivity index (χ1) is 11.8. The minimum Gasteiger partial charge on any atom is -0.482 e. The van der Waals surface area contributed by atoms with E-state index in [1.807, 2.05) is 0 Å². The number of ether oxygens (including phenoxy) is 1. The number of benzene rings is 1. The summed E-state index contributed by atoms with van der Waals surface area (Å²) in [4.78, 5) is 37.1. The van der Waals surface area contributed by atoms with Gasteiger partial charge >= 0.3 is 6.03 Å². The van der Waals surface area contributed by atoms with Crippen molar-refractivity contribution in [3.05, 3.63) is 27.2 Å². The van der Waals surface area contributed by atoms with E-state index in [-0.39, 0.29) is 34.2 Å². The zero-order valence-electron chi connectivity index (χ0n) is 12.9. The number of nitrogens with zero attached hydrogens (tertiary/aromatic N) is 1. The second-order valence-corrected chi connectivity index (χ2v) is 7.08. The molecule has 3 rings (SSSR count). The molecule has 2 heterocycles. The van der Waals surface area contributed by atoms with Crippen LogP contribution in [0.2, 0.25) is 15.1 Å². The van der Waals surface area contributed by atoms with Crippen molar-refractivity contribution in [1.82, 2.24) is 15.5 Å². The average Bonchev–Trinajstić information content (AvgIpc) is 2.83. The molecule has 2 aliphatic heterocycles. The van der Waals surface area contributed by atoms with E-state index in [4.69, 9.17) is 39.5 Å². The standard InChI is InChI=1S/C15H14Cl3N3O4/c16-8-5-10(18)11(6-9(8)17)25-7-12(22)21-3-1-15(2-4-21)13(23)19-14(24)20-15/h5-6H,1-4,7H2,(H2,19,20,23,24). The summed E-state index contributed by atoms with van der Waals surface area (Å²) in [6, 6.07) is 2.39. The van der Waals surface area contributed by atoms with Crippen molar-refractivity contribution in [2.24, 2.45) is 0 Å². The number of imide groups is 1. The molecule has 2 saturated heterocycles. The maximum Gasteiger partial charge on any atom is 0.322 e. The predicted octanol–water partition coefficient (Wildman–Crippen LogP) is 2.23. The first-order valence-corrected chi connectivity index (χ1v) is 8.63. The van der Waals surface area contributed by atoms with Crippen LogP contribution in [0.3, 0.4) is 0 Å². The first kappa shape index (κ1) is 18.1. The lowest BCUT2D eigenvalue weighted by Crippen LogP contribution is -2.56. The number of likely N-dealkylation sites (tertiary alicyclic amines) is 1. The molecule has 10 heteroatoms. The lowest BCUT2D eigenvalue weighted by atomic mass is 9.88. The Morgan fingerprint density at radius 2 is 1.76 bits per heavy atom. The number of amides is 4. The monoisotopic (exact) mass is 405 g/mol. The molecule has 2 fully saturated rings. The molecule has 2 N–H and O–H groups in total. The molecule has 134 valence electrons. The van der Waals surface area contributed by atoms with E-state index in [9.17, 15) is 14.4 Å². The van der Waals surface area contributed by atoms with Crippen LogP contribution in [0.4, 0.5) is 4.79 Å². The maximum atomic E-state index is 12.3. The molecule has 0 aliphatic carbocycles. The summed E-state index contributed by atoms with van der Waals surface area (Å²) in [5.41, 5.74) is -0.915. The SMILES string of the molecule is O=C1NC(=O)C2(CCN(C(=O)COc3cc(Cl)c(Cl)cc3Cl)CC2)N1. The number of hydrogen-bond donors (Lipinski definition) is 2. The second-order valence-electron chi connectivity index (χ2n) is 5.86. The Balaban J connectivity index is 1.56. The third-order valence-electron chi connectivity index (χ3n) is 4.31. The third-order valence-corrected chi connectivity index (χ3v) is 5.33. The van der Waals surface area contributed by atoms with Gasteiger partial charge in [0.1, 0.15) is 11.3 Å². The highest BCUT2D eigenvalue weighted by molar-refractivity contribution is 6.43. The van der Waals surface area contributed by atoms with Crippen LogP contribution in [0.1, 0.15) is 12.8 Å². The fraction of sp³-hybridized carbons (Fsp3) is 0.400. The minimum atomic E-state index is -0.915. The molecule has 4 amide bonds. The molecule has 2 aliphatic rings. The zero-order chi connectivity index (χ0) is 18.2. The number of nitrogens with one attached hydrogen (secondary N) is 2. The third kappa shape index (κ3) is 3.63. The van der Waals surface area contributed by atoms with E-state index in [0.29, 0.717) is 31.0 Å². The highest BCUT2D eigenvalue weighted by Crippen LogP contribution is 2.34. The van der Waals surface area contributed by atoms with Gasteiger partial charge in [0.2, 0.25) is 0 Å². The van der Waals surface area contributed by atoms with E-state index in [2.05, 4.69) is 10.6 Å². The Kier molecular flexibility index (Phi) is 4.99. The van der Waals surface area contributed by atoms with E-state index >= 15 is 0 Å². The van der Waals surface area contributed by atoms with Gasteiger partial charge in [-0.05, 0) is 18.9 Å². The summed E-state index contributed by atoms with van der Waals surface area (Å²) < 4.78 is 5.43. The summed E-state index contributed by atoms with van der Waals surface area (Å²) >= 11 is 17.8. The molecule has 1 aromatic rings. The van der Waals surface area contributed by atoms with E-state index in [0.717, 1.165) is 0 Å². The average molecular weight is 407 g/mol. The Hall–Kier alpha value is -1.70. The minimum absolute atomic E-state index is 0.219. The largest absolute Gasteiger partial charge is 0.482 e. The van der Waals surface area contributed by atoms with Crippen LogP contribution in [0.25, 0.3) is 0 Å². The van der Waals surface area contributed by atoms with Gasteiger partial charge in [0, 0.05) is 19.2 Å². The van der Waals surface area contributed by atoms with Crippen LogP contribution >= 0.6 is 34.8 Å². The van der Waals surface area contributed by atoms with Gasteiger partial charge in [-0.15, -0.1) is 0 Å². The predicted molar refractivity (Wildman–Crippen MR) is 92.2 cm³/mol. The van der Waals surface area contributed by atoms with Crippen LogP contribution in [0.5, 0.6) is 5.75 Å². The topological polar surface area (TPSA) is 87.7 Å². The Bertz CT molecular complexity index is 748. The van der Waals surface area contributed by atoms with Crippen molar-refractivity contribution >= 4 is 52.6 Å². The van der Waals surface area contributed by atoms with E-state index < -0.39 is 11.6 Å². The Morgan fingerprint density at radius 3 is 2.36 bits per heavy atom. The van der Waals surface area contributed by atoms with Crippen molar-refractivity contribution in [1.29, 1.82) is 0 Å². The smallest absolute Gasteiger partial charge is 0.322 e. The number of carbonyl (C=O) groups excluding carboxylic acids is 3. The molecule has 25 heavy (non-hydrogen) atoms.